The zero-order chi connectivity index (χ0) is 20.0. The van der Waals surface area contributed by atoms with Crippen molar-refractivity contribution in [1.29, 1.82) is 0 Å². The summed E-state index contributed by atoms with van der Waals surface area (Å²) in [6, 6.07) is 16.1. The quantitative estimate of drug-likeness (QED) is 0.588. The number of rotatable bonds is 1. The number of hydrogen-bond donors (Lipinski definition) is 0. The largest absolute Gasteiger partial charge is 0.365 e. The third kappa shape index (κ3) is 3.31. The Morgan fingerprint density at radius 3 is 2.76 bits per heavy atom. The maximum absolute atomic E-state index is 12.6. The number of ether oxygens (including phenoxy) is 1. The van der Waals surface area contributed by atoms with E-state index in [1.165, 1.54) is 22.9 Å². The second kappa shape index (κ2) is 7.31. The van der Waals surface area contributed by atoms with E-state index in [-0.39, 0.29) is 11.5 Å². The van der Waals surface area contributed by atoms with Crippen LogP contribution in [0.15, 0.2) is 58.4 Å². The summed E-state index contributed by atoms with van der Waals surface area (Å²) in [7, 11) is 0. The van der Waals surface area contributed by atoms with Gasteiger partial charge in [0.05, 0.1) is 17.1 Å². The minimum Gasteiger partial charge on any atom is -0.365 e. The number of fused-ring (bicyclic) bond motifs is 2. The average Bonchev–Trinajstić information content (AvgIpc) is 3.30. The van der Waals surface area contributed by atoms with Crippen LogP contribution in [0.4, 0.5) is 0 Å². The van der Waals surface area contributed by atoms with Gasteiger partial charge in [0.2, 0.25) is 0 Å². The lowest BCUT2D eigenvalue weighted by atomic mass is 9.84. The zero-order valence-electron chi connectivity index (χ0n) is 16.2. The summed E-state index contributed by atoms with van der Waals surface area (Å²) in [6.07, 6.45) is 1.81. The van der Waals surface area contributed by atoms with E-state index in [0.29, 0.717) is 16.5 Å². The van der Waals surface area contributed by atoms with Crippen molar-refractivity contribution in [2.24, 2.45) is 4.99 Å². The molecule has 2 aromatic carbocycles. The van der Waals surface area contributed by atoms with Crippen molar-refractivity contribution >= 4 is 40.0 Å². The molecule has 29 heavy (non-hydrogen) atoms. The molecule has 6 heteroatoms. The first-order valence-corrected chi connectivity index (χ1v) is 11.0. The van der Waals surface area contributed by atoms with Crippen molar-refractivity contribution in [3.05, 3.63) is 75.1 Å². The summed E-state index contributed by atoms with van der Waals surface area (Å²) in [5.41, 5.74) is 4.32. The third-order valence-electron chi connectivity index (χ3n) is 6.04. The number of piperidine rings is 1. The van der Waals surface area contributed by atoms with Gasteiger partial charge in [0.1, 0.15) is 0 Å². The maximum atomic E-state index is 12.6. The number of carbonyl (C=O) groups is 1. The highest BCUT2D eigenvalue weighted by molar-refractivity contribution is 8.18. The first kappa shape index (κ1) is 18.9. The van der Waals surface area contributed by atoms with E-state index in [1.54, 1.807) is 0 Å². The Bertz CT molecular complexity index is 1050. The summed E-state index contributed by atoms with van der Waals surface area (Å²) in [4.78, 5) is 19.9. The van der Waals surface area contributed by atoms with Gasteiger partial charge < -0.3 is 9.64 Å². The molecule has 0 unspecified atom stereocenters. The van der Waals surface area contributed by atoms with Crippen molar-refractivity contribution in [2.75, 3.05) is 13.1 Å². The van der Waals surface area contributed by atoms with Gasteiger partial charge in [-0.2, -0.15) is 4.99 Å². The van der Waals surface area contributed by atoms with Crippen LogP contribution in [0, 0.1) is 0 Å². The van der Waals surface area contributed by atoms with Gasteiger partial charge in [-0.15, -0.1) is 0 Å². The number of benzene rings is 2. The van der Waals surface area contributed by atoms with Gasteiger partial charge in [-0.1, -0.05) is 48.0 Å². The zero-order valence-corrected chi connectivity index (χ0v) is 17.7. The lowest BCUT2D eigenvalue weighted by molar-refractivity contribution is -0.113. The number of likely N-dealkylation sites (tertiary alicyclic amines) is 1. The predicted octanol–water partition coefficient (Wildman–Crippen LogP) is 5.22. The molecule has 3 heterocycles. The van der Waals surface area contributed by atoms with Gasteiger partial charge >= 0.3 is 0 Å². The van der Waals surface area contributed by atoms with Crippen LogP contribution in [0.2, 0.25) is 5.02 Å². The molecule has 0 saturated carbocycles. The van der Waals surface area contributed by atoms with E-state index in [9.17, 15) is 4.79 Å². The van der Waals surface area contributed by atoms with Crippen molar-refractivity contribution in [2.45, 2.75) is 32.0 Å². The van der Waals surface area contributed by atoms with Gasteiger partial charge in [-0.25, -0.2) is 0 Å². The molecule has 1 spiro atoms. The molecule has 3 aliphatic heterocycles. The van der Waals surface area contributed by atoms with E-state index < -0.39 is 0 Å². The molecule has 0 N–H and O–H groups in total. The molecule has 1 fully saturated rings. The number of amidine groups is 1. The number of amides is 1. The average molecular weight is 425 g/mol. The van der Waals surface area contributed by atoms with Crippen LogP contribution < -0.4 is 0 Å². The molecule has 2 aromatic rings. The van der Waals surface area contributed by atoms with Gasteiger partial charge in [0.25, 0.3) is 5.91 Å². The second-order valence-corrected chi connectivity index (χ2v) is 9.11. The van der Waals surface area contributed by atoms with Crippen LogP contribution in [0.3, 0.4) is 0 Å². The summed E-state index contributed by atoms with van der Waals surface area (Å²) in [5.74, 6) is -0.162. The summed E-state index contributed by atoms with van der Waals surface area (Å²) >= 11 is 7.59. The fraction of sp³-hybridized carbons (Fsp3) is 0.304. The highest BCUT2D eigenvalue weighted by Gasteiger charge is 2.43. The van der Waals surface area contributed by atoms with Crippen molar-refractivity contribution in [1.82, 2.24) is 4.90 Å². The summed E-state index contributed by atoms with van der Waals surface area (Å²) in [5, 5.41) is 1.46. The fourth-order valence-electron chi connectivity index (χ4n) is 4.38. The van der Waals surface area contributed by atoms with Crippen molar-refractivity contribution in [3.63, 3.8) is 0 Å². The number of allylic oxidation sites excluding steroid dienone is 1. The lowest BCUT2D eigenvalue weighted by Crippen LogP contribution is -2.44. The molecule has 1 amide bonds. The van der Waals surface area contributed by atoms with Crippen LogP contribution >= 0.6 is 23.4 Å². The lowest BCUT2D eigenvalue weighted by Gasteiger charge is -2.39. The molecule has 4 nitrogen and oxygen atoms in total. The predicted molar refractivity (Wildman–Crippen MR) is 118 cm³/mol. The first-order valence-electron chi connectivity index (χ1n) is 9.81. The molecule has 0 bridgehead atoms. The Kier molecular flexibility index (Phi) is 4.77. The SMILES string of the molecule is C/C(=C1\SC(N2CCC3(CC2)OCc2ccccc23)=NC1=O)c1cccc(Cl)c1. The standard InChI is InChI=1S/C23H21ClN2O2S/c1-15(16-6-4-7-18(24)13-16)20-21(27)25-22(29-20)26-11-9-23(10-12-26)19-8-3-2-5-17(19)14-28-23/h2-8,13H,9-12,14H2,1H3/b20-15+. The van der Waals surface area contributed by atoms with E-state index in [4.69, 9.17) is 16.3 Å². The molecule has 0 aromatic heterocycles. The van der Waals surface area contributed by atoms with Crippen molar-refractivity contribution in [3.8, 4) is 0 Å². The molecule has 0 atom stereocenters. The highest BCUT2D eigenvalue weighted by Crippen LogP contribution is 2.45. The van der Waals surface area contributed by atoms with Crippen molar-refractivity contribution < 1.29 is 9.53 Å². The van der Waals surface area contributed by atoms with E-state index in [2.05, 4.69) is 34.2 Å². The van der Waals surface area contributed by atoms with Crippen LogP contribution in [0.5, 0.6) is 0 Å². The van der Waals surface area contributed by atoms with Crippen LogP contribution in [-0.4, -0.2) is 29.1 Å². The fourth-order valence-corrected chi connectivity index (χ4v) is 5.59. The van der Waals surface area contributed by atoms with E-state index >= 15 is 0 Å². The summed E-state index contributed by atoms with van der Waals surface area (Å²) in [6.45, 7) is 4.31. The Morgan fingerprint density at radius 2 is 1.97 bits per heavy atom. The molecule has 5 rings (SSSR count). The van der Waals surface area contributed by atoms with E-state index in [1.807, 2.05) is 31.2 Å². The monoisotopic (exact) mass is 424 g/mol. The minimum absolute atomic E-state index is 0.162. The number of aliphatic imine (C=N–C) groups is 1. The van der Waals surface area contributed by atoms with Gasteiger partial charge in [-0.05, 0) is 65.9 Å². The van der Waals surface area contributed by atoms with E-state index in [0.717, 1.165) is 42.2 Å². The third-order valence-corrected chi connectivity index (χ3v) is 7.49. The van der Waals surface area contributed by atoms with Gasteiger partial charge in [-0.3, -0.25) is 4.79 Å². The Hall–Kier alpha value is -2.08. The normalized spacial score (nSPS) is 22.1. The molecule has 0 radical (unpaired) electrons. The highest BCUT2D eigenvalue weighted by atomic mass is 35.5. The smallest absolute Gasteiger partial charge is 0.286 e. The topological polar surface area (TPSA) is 41.9 Å². The van der Waals surface area contributed by atoms with Gasteiger partial charge in [0.15, 0.2) is 5.17 Å². The molecule has 148 valence electrons. The molecule has 0 aliphatic carbocycles. The Labute approximate surface area is 179 Å². The number of nitrogens with zero attached hydrogens (tertiary/aromatic N) is 2. The van der Waals surface area contributed by atoms with Gasteiger partial charge in [0, 0.05) is 18.1 Å². The maximum Gasteiger partial charge on any atom is 0.286 e. The molecular formula is C23H21ClN2O2S. The second-order valence-electron chi connectivity index (χ2n) is 7.69. The van der Waals surface area contributed by atoms with Crippen LogP contribution in [0.1, 0.15) is 36.5 Å². The molecule has 1 saturated heterocycles. The number of thioether (sulfide) groups is 1. The van der Waals surface area contributed by atoms with Crippen LogP contribution in [0.25, 0.3) is 5.57 Å². The summed E-state index contributed by atoms with van der Waals surface area (Å²) < 4.78 is 6.25. The number of carbonyl (C=O) groups excluding carboxylic acids is 1. The number of halogens is 1. The number of hydrogen-bond acceptors (Lipinski definition) is 4. The molecular weight excluding hydrogens is 404 g/mol. The Balaban J connectivity index is 1.32. The Morgan fingerprint density at radius 1 is 1.17 bits per heavy atom. The first-order chi connectivity index (χ1) is 14.1. The minimum atomic E-state index is -0.184. The van der Waals surface area contributed by atoms with Crippen LogP contribution in [-0.2, 0) is 21.7 Å². The molecule has 3 aliphatic rings.